The molecule has 2 aromatic rings. The van der Waals surface area contributed by atoms with E-state index in [0.717, 1.165) is 5.56 Å². The van der Waals surface area contributed by atoms with Gasteiger partial charge in [-0.15, -0.1) is 0 Å². The standard InChI is InChI=1S/C14H20N2O7P2/c1-2-12(11-6-4-3-5-7-11)13-8-15-10-16(13)9-14(17,24(18,19)20)25(21,22)23/h3-8,10,12,17H,2,9H2,1H3,(H2,18,19,20)(H2,21,22,23). The van der Waals surface area contributed by atoms with E-state index < -0.39 is 26.8 Å². The third kappa shape index (κ3) is 3.93. The van der Waals surface area contributed by atoms with Gasteiger partial charge >= 0.3 is 15.2 Å². The molecular weight excluding hydrogens is 370 g/mol. The maximum Gasteiger partial charge on any atom is 0.371 e. The van der Waals surface area contributed by atoms with Gasteiger partial charge < -0.3 is 29.2 Å². The Kier molecular flexibility index (Phi) is 5.71. The van der Waals surface area contributed by atoms with E-state index in [1.807, 2.05) is 37.3 Å². The number of rotatable bonds is 7. The second-order valence-corrected chi connectivity index (χ2v) is 9.69. The Morgan fingerprint density at radius 3 is 2.16 bits per heavy atom. The van der Waals surface area contributed by atoms with Gasteiger partial charge in [0.1, 0.15) is 0 Å². The highest BCUT2D eigenvalue weighted by Gasteiger charge is 2.59. The summed E-state index contributed by atoms with van der Waals surface area (Å²) in [5.74, 6) is -0.221. The smallest absolute Gasteiger partial charge is 0.366 e. The molecule has 138 valence electrons. The van der Waals surface area contributed by atoms with Crippen LogP contribution in [0.2, 0.25) is 0 Å². The van der Waals surface area contributed by atoms with Crippen LogP contribution in [0.3, 0.4) is 0 Å². The van der Waals surface area contributed by atoms with Crippen LogP contribution in [0.1, 0.15) is 30.5 Å². The van der Waals surface area contributed by atoms with Gasteiger partial charge in [-0.05, 0) is 12.0 Å². The van der Waals surface area contributed by atoms with Crippen molar-refractivity contribution in [1.29, 1.82) is 0 Å². The first-order valence-corrected chi connectivity index (χ1v) is 10.6. The lowest BCUT2D eigenvalue weighted by molar-refractivity contribution is 0.114. The zero-order chi connectivity index (χ0) is 18.9. The highest BCUT2D eigenvalue weighted by Crippen LogP contribution is 2.68. The van der Waals surface area contributed by atoms with Gasteiger partial charge in [-0.1, -0.05) is 37.3 Å². The third-order valence-corrected chi connectivity index (χ3v) is 7.74. The van der Waals surface area contributed by atoms with Gasteiger partial charge in [0, 0.05) is 17.8 Å². The van der Waals surface area contributed by atoms with Gasteiger partial charge in [0.2, 0.25) is 0 Å². The molecule has 0 radical (unpaired) electrons. The number of benzene rings is 1. The van der Waals surface area contributed by atoms with E-state index >= 15 is 0 Å². The van der Waals surface area contributed by atoms with E-state index in [4.69, 9.17) is 0 Å². The van der Waals surface area contributed by atoms with Crippen LogP contribution >= 0.6 is 15.2 Å². The van der Waals surface area contributed by atoms with Gasteiger partial charge in [-0.3, -0.25) is 9.13 Å². The van der Waals surface area contributed by atoms with Crippen molar-refractivity contribution in [3.8, 4) is 0 Å². The molecule has 0 aliphatic heterocycles. The van der Waals surface area contributed by atoms with E-state index in [1.54, 1.807) is 0 Å². The molecule has 0 aliphatic carbocycles. The van der Waals surface area contributed by atoms with Gasteiger partial charge in [-0.25, -0.2) is 4.98 Å². The molecule has 1 heterocycles. The Morgan fingerprint density at radius 1 is 1.12 bits per heavy atom. The van der Waals surface area contributed by atoms with E-state index in [-0.39, 0.29) is 5.92 Å². The number of hydrogen-bond acceptors (Lipinski definition) is 4. The number of imidazole rings is 1. The van der Waals surface area contributed by atoms with Crippen LogP contribution in [0.4, 0.5) is 0 Å². The first kappa shape index (κ1) is 20.0. The Bertz CT molecular complexity index is 790. The average molecular weight is 390 g/mol. The fourth-order valence-corrected chi connectivity index (χ4v) is 4.67. The molecule has 0 bridgehead atoms. The number of nitrogens with zero attached hydrogens (tertiary/aromatic N) is 2. The molecule has 0 spiro atoms. The quantitative estimate of drug-likeness (QED) is 0.445. The molecule has 2 rings (SSSR count). The maximum atomic E-state index is 11.6. The molecule has 9 nitrogen and oxygen atoms in total. The second-order valence-electron chi connectivity index (χ2n) is 5.68. The predicted octanol–water partition coefficient (Wildman–Crippen LogP) is 1.43. The molecule has 1 atom stereocenters. The summed E-state index contributed by atoms with van der Waals surface area (Å²) < 4.78 is 24.3. The van der Waals surface area contributed by atoms with Crippen LogP contribution in [-0.4, -0.2) is 39.3 Å². The molecule has 1 aromatic carbocycles. The molecule has 0 saturated heterocycles. The number of hydrogen-bond donors (Lipinski definition) is 5. The lowest BCUT2D eigenvalue weighted by Gasteiger charge is -2.30. The fraction of sp³-hybridized carbons (Fsp3) is 0.357. The highest BCUT2D eigenvalue weighted by atomic mass is 31.2. The minimum Gasteiger partial charge on any atom is -0.366 e. The van der Waals surface area contributed by atoms with Crippen LogP contribution < -0.4 is 0 Å². The summed E-state index contributed by atoms with van der Waals surface area (Å²) in [4.78, 5) is 41.2. The van der Waals surface area contributed by atoms with E-state index in [9.17, 15) is 33.8 Å². The van der Waals surface area contributed by atoms with Crippen molar-refractivity contribution >= 4 is 15.2 Å². The summed E-state index contributed by atoms with van der Waals surface area (Å²) in [7, 11) is -11.1. The van der Waals surface area contributed by atoms with Gasteiger partial charge in [0.25, 0.3) is 5.08 Å². The van der Waals surface area contributed by atoms with Crippen molar-refractivity contribution in [2.24, 2.45) is 0 Å². The topological polar surface area (TPSA) is 153 Å². The first-order valence-electron chi connectivity index (χ1n) is 7.40. The summed E-state index contributed by atoms with van der Waals surface area (Å²) in [5.41, 5.74) is 1.39. The minimum atomic E-state index is -5.54. The van der Waals surface area contributed by atoms with Crippen molar-refractivity contribution in [3.63, 3.8) is 0 Å². The molecular formula is C14H20N2O7P2. The molecule has 5 N–H and O–H groups in total. The largest absolute Gasteiger partial charge is 0.371 e. The molecule has 0 aliphatic rings. The SMILES string of the molecule is CCC(c1ccccc1)c1cncn1CC(O)(P(=O)(O)O)P(=O)(O)O. The molecule has 1 aromatic heterocycles. The maximum absolute atomic E-state index is 11.6. The normalized spacial score (nSPS) is 14.5. The zero-order valence-electron chi connectivity index (χ0n) is 13.4. The highest BCUT2D eigenvalue weighted by molar-refractivity contribution is 7.72. The summed E-state index contributed by atoms with van der Waals surface area (Å²) in [6.45, 7) is 0.910. The van der Waals surface area contributed by atoms with E-state index in [0.29, 0.717) is 12.1 Å². The van der Waals surface area contributed by atoms with Crippen LogP contribution in [0.5, 0.6) is 0 Å². The van der Waals surface area contributed by atoms with Crippen LogP contribution in [0.15, 0.2) is 42.9 Å². The van der Waals surface area contributed by atoms with Crippen molar-refractivity contribution in [1.82, 2.24) is 9.55 Å². The number of aliphatic hydroxyl groups is 1. The van der Waals surface area contributed by atoms with Crippen molar-refractivity contribution in [3.05, 3.63) is 54.1 Å². The van der Waals surface area contributed by atoms with E-state index in [2.05, 4.69) is 4.98 Å². The number of aromatic nitrogens is 2. The monoisotopic (exact) mass is 390 g/mol. The summed E-state index contributed by atoms with van der Waals surface area (Å²) >= 11 is 0. The Balaban J connectivity index is 2.48. The van der Waals surface area contributed by atoms with E-state index in [1.165, 1.54) is 17.1 Å². The van der Waals surface area contributed by atoms with Gasteiger partial charge in [-0.2, -0.15) is 0 Å². The molecule has 1 unspecified atom stereocenters. The molecule has 25 heavy (non-hydrogen) atoms. The van der Waals surface area contributed by atoms with Crippen molar-refractivity contribution in [2.75, 3.05) is 0 Å². The van der Waals surface area contributed by atoms with Gasteiger partial charge in [0.05, 0.1) is 12.9 Å². The summed E-state index contributed by atoms with van der Waals surface area (Å²) in [5, 5.41) is 6.61. The summed E-state index contributed by atoms with van der Waals surface area (Å²) in [6.07, 6.45) is 3.23. The Morgan fingerprint density at radius 2 is 1.68 bits per heavy atom. The van der Waals surface area contributed by atoms with Crippen molar-refractivity contribution < 1.29 is 33.8 Å². The second kappa shape index (κ2) is 7.13. The lowest BCUT2D eigenvalue weighted by Crippen LogP contribution is -2.34. The molecule has 0 saturated carbocycles. The molecule has 0 amide bonds. The third-order valence-electron chi connectivity index (χ3n) is 4.03. The molecule has 0 fully saturated rings. The Labute approximate surface area is 144 Å². The van der Waals surface area contributed by atoms with Gasteiger partial charge in [0.15, 0.2) is 0 Å². The van der Waals surface area contributed by atoms with Crippen molar-refractivity contribution in [2.45, 2.75) is 30.9 Å². The molecule has 11 heteroatoms. The predicted molar refractivity (Wildman–Crippen MR) is 89.8 cm³/mol. The lowest BCUT2D eigenvalue weighted by atomic mass is 9.93. The Hall–Kier alpha value is -1.31. The average Bonchev–Trinajstić information content (AvgIpc) is 2.95. The van der Waals surface area contributed by atoms with Crippen LogP contribution in [-0.2, 0) is 15.7 Å². The first-order chi connectivity index (χ1) is 11.5. The minimum absolute atomic E-state index is 0.221. The fourth-order valence-electron chi connectivity index (χ4n) is 2.64. The van der Waals surface area contributed by atoms with Crippen LogP contribution in [0, 0.1) is 0 Å². The zero-order valence-corrected chi connectivity index (χ0v) is 15.2. The van der Waals surface area contributed by atoms with Crippen LogP contribution in [0.25, 0.3) is 0 Å². The summed E-state index contributed by atoms with van der Waals surface area (Å²) in [6, 6.07) is 9.24.